The van der Waals surface area contributed by atoms with Crippen LogP contribution in [0.1, 0.15) is 95.3 Å². The van der Waals surface area contributed by atoms with E-state index in [1.165, 1.54) is 66.1 Å². The number of likely N-dealkylation sites (tertiary alicyclic amines) is 1. The fourth-order valence-corrected chi connectivity index (χ4v) is 40.0. The van der Waals surface area contributed by atoms with Crippen LogP contribution in [0.15, 0.2) is 150 Å². The maximum atomic E-state index is 13.8. The Labute approximate surface area is 763 Å². The van der Waals surface area contributed by atoms with Crippen molar-refractivity contribution in [2.75, 3.05) is 10.6 Å². The number of carbonyl (C=O) groups is 8. The van der Waals surface area contributed by atoms with Crippen molar-refractivity contribution in [3.63, 3.8) is 0 Å². The lowest BCUT2D eigenvalue weighted by Gasteiger charge is -2.34. The van der Waals surface area contributed by atoms with E-state index in [2.05, 4.69) is 96.0 Å². The first-order valence-electron chi connectivity index (χ1n) is 36.5. The topological polar surface area (TPSA) is 388 Å². The van der Waals surface area contributed by atoms with Crippen molar-refractivity contribution < 1.29 is 43.5 Å². The highest BCUT2D eigenvalue weighted by Crippen LogP contribution is 2.44. The van der Waals surface area contributed by atoms with Crippen LogP contribution < -0.4 is 33.2 Å². The summed E-state index contributed by atoms with van der Waals surface area (Å²) in [5.74, 6) is -1.13. The van der Waals surface area contributed by atoms with Crippen LogP contribution in [-0.2, 0) is 195 Å². The number of benzene rings is 3. The molecule has 4 unspecified atom stereocenters. The first-order chi connectivity index (χ1) is 58.5. The number of pyridine rings is 2. The van der Waals surface area contributed by atoms with Gasteiger partial charge in [0.25, 0.3) is 17.7 Å². The number of carboxylic acid groups (broad SMARTS) is 1. The van der Waals surface area contributed by atoms with Crippen molar-refractivity contribution in [1.82, 2.24) is 59.3 Å². The second kappa shape index (κ2) is 43.5. The number of Topliss-reactive ketones (excluding diaryl/α,β-unsaturated/α-hetero) is 1. The van der Waals surface area contributed by atoms with E-state index in [9.17, 15) is 38.4 Å². The Balaban J connectivity index is 0.000000145. The molecule has 0 spiro atoms. The molecule has 3 aromatic carbocycles. The third-order valence-corrected chi connectivity index (χ3v) is 45.3. The molecule has 636 valence electrons. The molecule has 45 heteroatoms. The minimum atomic E-state index is -0.986. The van der Waals surface area contributed by atoms with Crippen molar-refractivity contribution in [3.8, 4) is 33.6 Å². The Morgan fingerprint density at radius 2 is 0.975 bits per heavy atom. The molecular formula is C77H75N17O9S19. The van der Waals surface area contributed by atoms with Gasteiger partial charge in [-0.25, -0.2) is 9.97 Å². The summed E-state index contributed by atoms with van der Waals surface area (Å²) in [5.41, 5.74) is 30.1. The summed E-state index contributed by atoms with van der Waals surface area (Å²) in [6.45, 7) is 5.29. The number of nitrogens with zero attached hydrogens (tertiary/aromatic N) is 8. The molecule has 4 bridgehead atoms. The molecule has 13 N–H and O–H groups in total. The standard InChI is InChI=1S/C30H28N6O3S.C17H14N4O2S.C16H12N4O3S.C13H17N3O.CH4.S9.S7/c1-16-3-2-4-25(33-16)34-30(39)27-18-5-7-19(11-18)36(27)26(37)15-35-14-22(29(31)38)20-12-17(6-8-24(20)35)21-13-32-23-9-10-40-28(21)23;1-9(22)7-21-8-12(17(18)23)11-6-10(2-3-14(11)21)15-16-13(19-20-15)4-5-24-16;17-16(23)10-6-20(7-13(21)22)12-2-1-8(5-9(10)12)14-15-11(18-19-14)3-4-24-15;1-8-3-2-4-11(14-8)16-13(17)12-9-5-6-10(7-9)15-12;;1-3-5-7-9-8-6-4-2;1-3-5-7-6-4-2/h2-4,6,8-10,12-14,18-19,27,32H,5,7,11,15H2,1H3,(H2,31,38)(H,33,34,39);2-6,8H,7H2,1H3,(H2,18,23)(H,19,20);1-6H,7H2,(H2,17,23)(H,18,19)(H,21,22);2-4,9-10,12,15H,5-7H2,1H3,(H,14,16,17);1H4;;/t18?,19?,27-;;;9?,10?,12-;;;/m0..0.../s1. The van der Waals surface area contributed by atoms with Crippen LogP contribution in [0.3, 0.4) is 0 Å². The van der Waals surface area contributed by atoms with Gasteiger partial charge in [-0.05, 0) is 172 Å². The number of fused-ring (bicyclic) bond motifs is 10. The summed E-state index contributed by atoms with van der Waals surface area (Å²) in [6.07, 6.45) is 12.9. The maximum absolute atomic E-state index is 13.8. The van der Waals surface area contributed by atoms with Crippen LogP contribution in [0.4, 0.5) is 11.6 Å². The average Bonchev–Trinajstić information content (AvgIpc) is 1.61. The number of ketones is 1. The van der Waals surface area contributed by atoms with E-state index in [0.29, 0.717) is 56.6 Å². The molecule has 122 heavy (non-hydrogen) atoms. The van der Waals surface area contributed by atoms with Gasteiger partial charge in [0.1, 0.15) is 47.9 Å². The number of thiophene rings is 3. The van der Waals surface area contributed by atoms with E-state index in [0.717, 1.165) is 118 Å². The smallest absolute Gasteiger partial charge is 0.323 e. The fourth-order valence-electron chi connectivity index (χ4n) is 15.5. The Morgan fingerprint density at radius 1 is 0.525 bits per heavy atom. The number of carboxylic acids is 1. The summed E-state index contributed by atoms with van der Waals surface area (Å²) < 4.78 is 8.28. The molecular weight excluding hydrogens is 1920 g/mol. The molecule has 11 aromatic heterocycles. The second-order valence-electron chi connectivity index (χ2n) is 27.7. The number of rotatable bonds is 16. The molecule has 14 aromatic rings. The molecule has 13 heterocycles. The Morgan fingerprint density at radius 3 is 1.44 bits per heavy atom. The summed E-state index contributed by atoms with van der Waals surface area (Å²) in [4.78, 5) is 111. The number of nitrogens with one attached hydrogen (secondary N) is 6. The molecule has 2 aliphatic carbocycles. The number of H-pyrrole nitrogens is 3. The normalized spacial score (nSPS) is 16.1. The zero-order valence-electron chi connectivity index (χ0n) is 63.5. The molecule has 6 atom stereocenters. The van der Waals surface area contributed by atoms with Gasteiger partial charge in [0, 0.05) is 249 Å². The molecule has 4 fully saturated rings. The van der Waals surface area contributed by atoms with Gasteiger partial charge in [0.2, 0.25) is 17.7 Å². The molecule has 2 saturated heterocycles. The van der Waals surface area contributed by atoms with Crippen molar-refractivity contribution in [3.05, 3.63) is 178 Å². The summed E-state index contributed by atoms with van der Waals surface area (Å²) in [7, 11) is 18.3. The number of nitrogens with two attached hydrogens (primary N) is 3. The predicted octanol–water partition coefficient (Wildman–Crippen LogP) is 12.1. The van der Waals surface area contributed by atoms with Crippen LogP contribution in [0.5, 0.6) is 0 Å². The molecule has 2 aliphatic heterocycles. The minimum Gasteiger partial charge on any atom is -0.480 e. The second-order valence-corrected chi connectivity index (χ2v) is 51.7. The van der Waals surface area contributed by atoms with Crippen LogP contribution in [-0.4, -0.2) is 130 Å². The van der Waals surface area contributed by atoms with E-state index in [1.54, 1.807) is 144 Å². The Hall–Kier alpha value is -8.40. The van der Waals surface area contributed by atoms with Crippen molar-refractivity contribution in [2.24, 2.45) is 29.0 Å². The zero-order valence-corrected chi connectivity index (χ0v) is 79.1. The highest BCUT2D eigenvalue weighted by molar-refractivity contribution is 8.72. The molecule has 6 amide bonds. The van der Waals surface area contributed by atoms with Crippen LogP contribution in [0.2, 0.25) is 0 Å². The molecule has 4 aliphatic rings. The third-order valence-electron chi connectivity index (χ3n) is 20.3. The molecule has 26 nitrogen and oxygen atoms in total. The average molecular weight is 1990 g/mol. The molecule has 2 saturated carbocycles. The molecule has 18 rings (SSSR count). The van der Waals surface area contributed by atoms with Gasteiger partial charge < -0.3 is 61.8 Å². The number of primary amides is 3. The summed E-state index contributed by atoms with van der Waals surface area (Å²) in [5, 5.41) is 41.0. The lowest BCUT2D eigenvalue weighted by atomic mass is 9.97. The van der Waals surface area contributed by atoms with Crippen LogP contribution in [0, 0.1) is 25.7 Å². The minimum absolute atomic E-state index is 0. The quantitative estimate of drug-likeness (QED) is 0.0429. The van der Waals surface area contributed by atoms with Gasteiger partial charge in [0.05, 0.1) is 59.9 Å². The van der Waals surface area contributed by atoms with Crippen molar-refractivity contribution in [1.29, 1.82) is 0 Å². The highest BCUT2D eigenvalue weighted by atomic mass is 33.4. The molecule has 0 radical (unpaired) electrons. The summed E-state index contributed by atoms with van der Waals surface area (Å²) >= 11 is 23.2. The number of amides is 6. The lowest BCUT2D eigenvalue weighted by Crippen LogP contribution is -2.51. The van der Waals surface area contributed by atoms with Gasteiger partial charge in [-0.3, -0.25) is 48.6 Å². The Bertz CT molecular complexity index is 6780. The third kappa shape index (κ3) is 22.3. The largest absolute Gasteiger partial charge is 0.480 e. The van der Waals surface area contributed by atoms with Gasteiger partial charge in [-0.15, -0.1) is 34.0 Å². The fraction of sp³-hybridized carbons (Fsp3) is 0.247. The van der Waals surface area contributed by atoms with E-state index in [4.69, 9.17) is 22.3 Å². The number of aromatic nitrogens is 10. The van der Waals surface area contributed by atoms with Gasteiger partial charge >= 0.3 is 5.97 Å². The van der Waals surface area contributed by atoms with E-state index in [-0.39, 0.29) is 68.6 Å². The first-order valence-corrected chi connectivity index (χ1v) is 57.8. The van der Waals surface area contributed by atoms with E-state index in [1.807, 2.05) is 133 Å². The van der Waals surface area contributed by atoms with Gasteiger partial charge in [0.15, 0.2) is 0 Å². The number of aromatic amines is 3. The van der Waals surface area contributed by atoms with Crippen molar-refractivity contribution >= 4 is 308 Å². The van der Waals surface area contributed by atoms with Crippen molar-refractivity contribution in [2.45, 2.75) is 111 Å². The van der Waals surface area contributed by atoms with E-state index < -0.39 is 29.7 Å². The van der Waals surface area contributed by atoms with Gasteiger partial charge in [-0.2, -0.15) is 10.2 Å². The maximum Gasteiger partial charge on any atom is 0.323 e. The summed E-state index contributed by atoms with van der Waals surface area (Å²) in [6, 6.07) is 34.2. The SMILES string of the molecule is C.CC(=O)Cn1cc(C(N)=O)c2cc(-c3n[nH]c4ccsc34)ccc21.Cc1cccc(NC(=O)[C@@H]2C3CCC(C3)N2C(=O)Cn2cc(C(N)=O)c3cc(-c4c[nH]c5ccsc45)ccc32)n1.Cc1cccc(NC(=O)[C@H]2NC3CCC2C3)n1.NC(=O)c1cn(CC(=O)O)c2ccc(-c3n[nH]c4ccsc34)cc12.S=S=S=S=S=S=S.S=S=S=S=S=S=S=S=S. The van der Waals surface area contributed by atoms with Crippen LogP contribution in [0.25, 0.3) is 97.0 Å². The number of carbonyl (C=O) groups excluding carboxylic acids is 7. The Kier molecular flexibility index (Phi) is 33.1. The number of hydrogen-bond donors (Lipinski definition) is 10. The number of piperidine rings is 2. The zero-order chi connectivity index (χ0) is 85.5. The number of aliphatic carboxylic acids is 1. The predicted molar refractivity (Wildman–Crippen MR) is 530 cm³/mol. The first kappa shape index (κ1) is 92.8. The lowest BCUT2D eigenvalue weighted by molar-refractivity contribution is -0.141. The van der Waals surface area contributed by atoms with E-state index >= 15 is 0 Å². The number of hydrogen-bond acceptors (Lipinski definition) is 20. The highest BCUT2D eigenvalue weighted by Gasteiger charge is 2.51. The number of anilines is 2. The number of aryl methyl sites for hydroxylation is 2. The monoisotopic (exact) mass is 1990 g/mol. The van der Waals surface area contributed by atoms with Gasteiger partial charge in [-0.1, -0.05) is 37.8 Å². The van der Waals surface area contributed by atoms with Crippen LogP contribution >= 0.6 is 34.0 Å².